The standard InChI is InChI=1S/C7H6O2.ClHO4.K.Na/c8-7(9)6-4-2-1-3-5-6;2-1(3,4)5;;/h1-5H,(H,8,9);(H,2,3,4,5);;/q;;2*+1/p-2. The van der Waals surface area contributed by atoms with E-state index in [4.69, 9.17) is 18.6 Å². The van der Waals surface area contributed by atoms with Crippen LogP contribution in [0, 0.1) is 10.2 Å². The minimum absolute atomic E-state index is 0. The first-order valence-electron chi connectivity index (χ1n) is 3.19. The van der Waals surface area contributed by atoms with Crippen LogP contribution in [0.1, 0.15) is 10.4 Å². The van der Waals surface area contributed by atoms with Crippen LogP contribution < -0.4 is 105 Å². The van der Waals surface area contributed by atoms with Crippen molar-refractivity contribution in [3.05, 3.63) is 35.9 Å². The Morgan fingerprint density at radius 2 is 1.31 bits per heavy atom. The maximum absolute atomic E-state index is 10.1. The molecule has 0 saturated carbocycles. The topological polar surface area (TPSA) is 132 Å². The number of carboxylic acids is 1. The van der Waals surface area contributed by atoms with Gasteiger partial charge in [-0.25, -0.2) is 18.6 Å². The van der Waals surface area contributed by atoms with Gasteiger partial charge in [0.25, 0.3) is 0 Å². The molecule has 1 aromatic carbocycles. The molecule has 0 aliphatic rings. The Kier molecular flexibility index (Phi) is 16.3. The molecule has 0 saturated heterocycles. The van der Waals surface area contributed by atoms with Gasteiger partial charge in [-0.15, -0.1) is 10.2 Å². The number of carbonyl (C=O) groups is 1. The van der Waals surface area contributed by atoms with Crippen molar-refractivity contribution in [1.82, 2.24) is 0 Å². The Hall–Kier alpha value is 1.46. The molecule has 78 valence electrons. The van der Waals surface area contributed by atoms with Crippen molar-refractivity contribution in [3.63, 3.8) is 0 Å². The summed E-state index contributed by atoms with van der Waals surface area (Å²) in [7, 11) is -4.94. The Morgan fingerprint density at radius 1 is 1.00 bits per heavy atom. The molecule has 9 heteroatoms. The molecule has 1 rings (SSSR count). The number of rotatable bonds is 1. The molecule has 0 atom stereocenters. The maximum Gasteiger partial charge on any atom is 1.00 e. The van der Waals surface area contributed by atoms with Crippen molar-refractivity contribution >= 4 is 5.97 Å². The summed E-state index contributed by atoms with van der Waals surface area (Å²) in [6, 6.07) is 8.06. The molecule has 1 aromatic rings. The first-order chi connectivity index (χ1) is 6.30. The van der Waals surface area contributed by atoms with E-state index in [2.05, 4.69) is 0 Å². The van der Waals surface area contributed by atoms with Crippen molar-refractivity contribution in [3.8, 4) is 0 Å². The van der Waals surface area contributed by atoms with Gasteiger partial charge in [-0.05, 0) is 5.56 Å². The molecule has 6 nitrogen and oxygen atoms in total. The van der Waals surface area contributed by atoms with Crippen LogP contribution in [-0.4, -0.2) is 5.97 Å². The van der Waals surface area contributed by atoms with Gasteiger partial charge in [0.15, 0.2) is 0 Å². The second-order valence-corrected chi connectivity index (χ2v) is 2.79. The Morgan fingerprint density at radius 3 is 1.50 bits per heavy atom. The molecular formula is C7H5ClKNaO6. The molecule has 0 heterocycles. The fourth-order valence-electron chi connectivity index (χ4n) is 0.574. The molecule has 0 bridgehead atoms. The van der Waals surface area contributed by atoms with Gasteiger partial charge in [-0.1, -0.05) is 30.3 Å². The van der Waals surface area contributed by atoms with Crippen LogP contribution in [0.2, 0.25) is 0 Å². The van der Waals surface area contributed by atoms with Crippen LogP contribution in [-0.2, 0) is 0 Å². The second-order valence-electron chi connectivity index (χ2n) is 2.03. The predicted octanol–water partition coefficient (Wildman–Crippen LogP) is -10.7. The summed E-state index contributed by atoms with van der Waals surface area (Å²) in [6.07, 6.45) is 0. The van der Waals surface area contributed by atoms with Gasteiger partial charge in [0.1, 0.15) is 0 Å². The normalized spacial score (nSPS) is 8.75. The summed E-state index contributed by atoms with van der Waals surface area (Å²) in [5.41, 5.74) is 0.220. The van der Waals surface area contributed by atoms with E-state index in [1.807, 2.05) is 0 Å². The predicted molar refractivity (Wildman–Crippen MR) is 30.8 cm³/mol. The molecule has 0 spiro atoms. The second kappa shape index (κ2) is 11.5. The van der Waals surface area contributed by atoms with E-state index in [1.165, 1.54) is 12.1 Å². The van der Waals surface area contributed by atoms with Gasteiger partial charge in [0.05, 0.1) is 5.97 Å². The number of carboxylic acid groups (broad SMARTS) is 1. The van der Waals surface area contributed by atoms with Crippen LogP contribution in [0.25, 0.3) is 0 Å². The summed E-state index contributed by atoms with van der Waals surface area (Å²) < 4.78 is 34.0. The summed E-state index contributed by atoms with van der Waals surface area (Å²) in [5, 5.41) is 10.1. The van der Waals surface area contributed by atoms with E-state index in [1.54, 1.807) is 18.2 Å². The van der Waals surface area contributed by atoms with Crippen molar-refractivity contribution in [2.45, 2.75) is 0 Å². The molecule has 0 fully saturated rings. The van der Waals surface area contributed by atoms with Gasteiger partial charge < -0.3 is 9.90 Å². The Bertz CT molecular complexity index is 285. The monoisotopic (exact) mass is 282 g/mol. The minimum Gasteiger partial charge on any atom is -0.545 e. The van der Waals surface area contributed by atoms with E-state index in [-0.39, 0.29) is 86.5 Å². The van der Waals surface area contributed by atoms with Gasteiger partial charge >= 0.3 is 80.9 Å². The molecule has 0 N–H and O–H groups in total. The first-order valence-corrected chi connectivity index (χ1v) is 4.42. The number of halogens is 1. The van der Waals surface area contributed by atoms with Crippen LogP contribution in [0.15, 0.2) is 30.3 Å². The first kappa shape index (κ1) is 22.6. The van der Waals surface area contributed by atoms with E-state index in [0.29, 0.717) is 0 Å². The SMILES string of the molecule is O=C([O-])c1ccccc1.[K+].[Na+].[O-][Cl+3]([O-])([O-])[O-]. The smallest absolute Gasteiger partial charge is 0.545 e. The van der Waals surface area contributed by atoms with Crippen molar-refractivity contribution in [2.24, 2.45) is 0 Å². The average Bonchev–Trinajstić information content (AvgIpc) is 2.03. The number of hydrogen-bond donors (Lipinski definition) is 0. The number of carbonyl (C=O) groups excluding carboxylic acids is 1. The van der Waals surface area contributed by atoms with Crippen LogP contribution in [0.4, 0.5) is 0 Å². The minimum atomic E-state index is -4.94. The molecule has 0 aliphatic heterocycles. The van der Waals surface area contributed by atoms with E-state index in [0.717, 1.165) is 0 Å². The van der Waals surface area contributed by atoms with E-state index >= 15 is 0 Å². The van der Waals surface area contributed by atoms with Gasteiger partial charge in [-0.2, -0.15) is 0 Å². The Balaban J connectivity index is -0.000000214. The summed E-state index contributed by atoms with van der Waals surface area (Å²) in [6.45, 7) is 0. The molecule has 0 amide bonds. The van der Waals surface area contributed by atoms with Crippen molar-refractivity contribution in [1.29, 1.82) is 0 Å². The van der Waals surface area contributed by atoms with E-state index < -0.39 is 16.2 Å². The number of benzene rings is 1. The fraction of sp³-hybridized carbons (Fsp3) is 0. The number of hydrogen-bond acceptors (Lipinski definition) is 6. The largest absolute Gasteiger partial charge is 1.00 e. The van der Waals surface area contributed by atoms with Gasteiger partial charge in [-0.3, -0.25) is 0 Å². The Labute approximate surface area is 159 Å². The molecular weight excluding hydrogens is 278 g/mol. The molecule has 0 aromatic heterocycles. The van der Waals surface area contributed by atoms with Crippen molar-refractivity contribution < 1.29 is 120 Å². The van der Waals surface area contributed by atoms with Gasteiger partial charge in [0.2, 0.25) is 0 Å². The average molecular weight is 283 g/mol. The van der Waals surface area contributed by atoms with Crippen LogP contribution in [0.5, 0.6) is 0 Å². The van der Waals surface area contributed by atoms with Crippen molar-refractivity contribution in [2.75, 3.05) is 0 Å². The molecule has 0 aliphatic carbocycles. The zero-order chi connectivity index (χ0) is 11.2. The molecule has 16 heavy (non-hydrogen) atoms. The summed E-state index contributed by atoms with van der Waals surface area (Å²) in [4.78, 5) is 10.1. The quantitative estimate of drug-likeness (QED) is 0.470. The van der Waals surface area contributed by atoms with E-state index in [9.17, 15) is 9.90 Å². The zero-order valence-corrected chi connectivity index (χ0v) is 14.6. The van der Waals surface area contributed by atoms with Gasteiger partial charge in [0, 0.05) is 0 Å². The van der Waals surface area contributed by atoms with Crippen LogP contribution in [0.3, 0.4) is 0 Å². The molecule has 0 radical (unpaired) electrons. The third-order valence-electron chi connectivity index (χ3n) is 1.01. The third kappa shape index (κ3) is 17.8. The fourth-order valence-corrected chi connectivity index (χ4v) is 0.574. The summed E-state index contributed by atoms with van der Waals surface area (Å²) >= 11 is 0. The summed E-state index contributed by atoms with van der Waals surface area (Å²) in [5.74, 6) is -1.13. The third-order valence-corrected chi connectivity index (χ3v) is 1.01. The zero-order valence-electron chi connectivity index (χ0n) is 8.71. The van der Waals surface area contributed by atoms with Crippen LogP contribution >= 0.6 is 0 Å². The maximum atomic E-state index is 10.1. The number of aromatic carboxylic acids is 1. The molecule has 0 unspecified atom stereocenters.